The zero-order valence-electron chi connectivity index (χ0n) is 8.52. The van der Waals surface area contributed by atoms with Gasteiger partial charge in [-0.3, -0.25) is 0 Å². The van der Waals surface area contributed by atoms with Gasteiger partial charge in [0, 0.05) is 11.5 Å². The minimum atomic E-state index is 0.447. The SMILES string of the molecule is [N-]=[N+]=NCCc1cc(Br)c2c(c1)OCCO2. The van der Waals surface area contributed by atoms with Gasteiger partial charge in [-0.2, -0.15) is 0 Å². The van der Waals surface area contributed by atoms with Crippen LogP contribution in [0.2, 0.25) is 0 Å². The predicted molar refractivity (Wildman–Crippen MR) is 62.8 cm³/mol. The van der Waals surface area contributed by atoms with Gasteiger partial charge in [0.2, 0.25) is 0 Å². The molecular formula is C10H10BrN3O2. The van der Waals surface area contributed by atoms with Crippen molar-refractivity contribution >= 4 is 15.9 Å². The van der Waals surface area contributed by atoms with Crippen LogP contribution in [0.1, 0.15) is 5.56 Å². The monoisotopic (exact) mass is 283 g/mol. The van der Waals surface area contributed by atoms with E-state index >= 15 is 0 Å². The maximum Gasteiger partial charge on any atom is 0.175 e. The van der Waals surface area contributed by atoms with Crippen LogP contribution >= 0.6 is 15.9 Å². The van der Waals surface area contributed by atoms with Crippen molar-refractivity contribution in [2.75, 3.05) is 19.8 Å². The van der Waals surface area contributed by atoms with E-state index < -0.39 is 0 Å². The number of nitrogens with zero attached hydrogens (tertiary/aromatic N) is 3. The predicted octanol–water partition coefficient (Wildman–Crippen LogP) is 3.07. The molecule has 2 rings (SSSR count). The van der Waals surface area contributed by atoms with Crippen molar-refractivity contribution < 1.29 is 9.47 Å². The molecule has 84 valence electrons. The van der Waals surface area contributed by atoms with Gasteiger partial charge in [0.1, 0.15) is 13.2 Å². The number of azide groups is 1. The van der Waals surface area contributed by atoms with E-state index in [4.69, 9.17) is 15.0 Å². The van der Waals surface area contributed by atoms with Crippen molar-refractivity contribution in [1.29, 1.82) is 0 Å². The van der Waals surface area contributed by atoms with Gasteiger partial charge in [-0.1, -0.05) is 5.11 Å². The van der Waals surface area contributed by atoms with Crippen molar-refractivity contribution in [3.8, 4) is 11.5 Å². The quantitative estimate of drug-likeness (QED) is 0.486. The summed E-state index contributed by atoms with van der Waals surface area (Å²) in [6.07, 6.45) is 0.694. The Morgan fingerprint density at radius 3 is 3.00 bits per heavy atom. The highest BCUT2D eigenvalue weighted by Gasteiger charge is 2.15. The highest BCUT2D eigenvalue weighted by atomic mass is 79.9. The van der Waals surface area contributed by atoms with Gasteiger partial charge < -0.3 is 9.47 Å². The summed E-state index contributed by atoms with van der Waals surface area (Å²) < 4.78 is 11.8. The molecule has 0 N–H and O–H groups in total. The molecule has 0 aromatic heterocycles. The minimum Gasteiger partial charge on any atom is -0.486 e. The average molecular weight is 284 g/mol. The van der Waals surface area contributed by atoms with Crippen LogP contribution in [-0.4, -0.2) is 19.8 Å². The Morgan fingerprint density at radius 1 is 1.38 bits per heavy atom. The topological polar surface area (TPSA) is 67.2 Å². The minimum absolute atomic E-state index is 0.447. The Balaban J connectivity index is 2.21. The summed E-state index contributed by atoms with van der Waals surface area (Å²) >= 11 is 3.43. The smallest absolute Gasteiger partial charge is 0.175 e. The molecule has 0 bridgehead atoms. The highest BCUT2D eigenvalue weighted by Crippen LogP contribution is 2.38. The molecule has 0 fully saturated rings. The second-order valence-corrected chi connectivity index (χ2v) is 4.16. The van der Waals surface area contributed by atoms with E-state index in [-0.39, 0.29) is 0 Å². The third kappa shape index (κ3) is 2.40. The first kappa shape index (κ1) is 11.1. The molecule has 1 aliphatic heterocycles. The van der Waals surface area contributed by atoms with Gasteiger partial charge in [0.05, 0.1) is 4.47 Å². The molecule has 0 saturated carbocycles. The maximum absolute atomic E-state index is 8.20. The second kappa shape index (κ2) is 5.09. The molecular weight excluding hydrogens is 274 g/mol. The fourth-order valence-electron chi connectivity index (χ4n) is 1.53. The number of hydrogen-bond donors (Lipinski definition) is 0. The molecule has 0 saturated heterocycles. The van der Waals surface area contributed by atoms with Crippen molar-refractivity contribution in [3.05, 3.63) is 32.6 Å². The molecule has 0 spiro atoms. The van der Waals surface area contributed by atoms with Crippen LogP contribution in [0.3, 0.4) is 0 Å². The Morgan fingerprint density at radius 2 is 2.19 bits per heavy atom. The first-order chi connectivity index (χ1) is 7.81. The van der Waals surface area contributed by atoms with Crippen molar-refractivity contribution in [2.45, 2.75) is 6.42 Å². The fraction of sp³-hybridized carbons (Fsp3) is 0.400. The Kier molecular flexibility index (Phi) is 3.54. The van der Waals surface area contributed by atoms with E-state index in [1.807, 2.05) is 12.1 Å². The molecule has 16 heavy (non-hydrogen) atoms. The summed E-state index contributed by atoms with van der Waals surface area (Å²) in [7, 11) is 0. The van der Waals surface area contributed by atoms with Gasteiger partial charge in [0.15, 0.2) is 11.5 Å². The molecule has 0 amide bonds. The van der Waals surface area contributed by atoms with Crippen molar-refractivity contribution in [2.24, 2.45) is 5.11 Å². The number of benzene rings is 1. The molecule has 5 nitrogen and oxygen atoms in total. The largest absolute Gasteiger partial charge is 0.486 e. The average Bonchev–Trinajstić information content (AvgIpc) is 2.30. The molecule has 6 heteroatoms. The van der Waals surface area contributed by atoms with Crippen LogP contribution in [0.15, 0.2) is 21.7 Å². The number of ether oxygens (including phenoxy) is 2. The van der Waals surface area contributed by atoms with E-state index in [1.165, 1.54) is 0 Å². The normalized spacial score (nSPS) is 13.1. The third-order valence-electron chi connectivity index (χ3n) is 2.22. The van der Waals surface area contributed by atoms with Crippen LogP contribution in [0.25, 0.3) is 10.4 Å². The summed E-state index contributed by atoms with van der Waals surface area (Å²) in [6.45, 7) is 1.59. The standard InChI is InChI=1S/C10H10BrN3O2/c11-8-5-7(1-2-13-14-12)6-9-10(8)16-4-3-15-9/h5-6H,1-4H2. The lowest BCUT2D eigenvalue weighted by Gasteiger charge is -2.20. The van der Waals surface area contributed by atoms with E-state index in [1.54, 1.807) is 0 Å². The van der Waals surface area contributed by atoms with Crippen LogP contribution in [0.4, 0.5) is 0 Å². The zero-order chi connectivity index (χ0) is 11.4. The van der Waals surface area contributed by atoms with Crippen molar-refractivity contribution in [1.82, 2.24) is 0 Å². The molecule has 1 heterocycles. The zero-order valence-corrected chi connectivity index (χ0v) is 10.1. The number of halogens is 1. The number of hydrogen-bond acceptors (Lipinski definition) is 3. The summed E-state index contributed by atoms with van der Waals surface area (Å²) in [5.41, 5.74) is 9.25. The van der Waals surface area contributed by atoms with Crippen LogP contribution in [0, 0.1) is 0 Å². The Hall–Kier alpha value is -1.39. The number of fused-ring (bicyclic) bond motifs is 1. The van der Waals surface area contributed by atoms with E-state index in [2.05, 4.69) is 26.0 Å². The van der Waals surface area contributed by atoms with Gasteiger partial charge in [-0.05, 0) is 45.6 Å². The van der Waals surface area contributed by atoms with E-state index in [0.29, 0.717) is 26.2 Å². The molecule has 1 aromatic rings. The lowest BCUT2D eigenvalue weighted by Crippen LogP contribution is -2.16. The van der Waals surface area contributed by atoms with E-state index in [0.717, 1.165) is 21.5 Å². The maximum atomic E-state index is 8.20. The highest BCUT2D eigenvalue weighted by molar-refractivity contribution is 9.10. The first-order valence-electron chi connectivity index (χ1n) is 4.90. The summed E-state index contributed by atoms with van der Waals surface area (Å²) in [6, 6.07) is 3.88. The Labute approximate surface area is 101 Å². The van der Waals surface area contributed by atoms with Gasteiger partial charge in [-0.15, -0.1) is 0 Å². The second-order valence-electron chi connectivity index (χ2n) is 3.31. The lowest BCUT2D eigenvalue weighted by molar-refractivity contribution is 0.170. The molecule has 0 radical (unpaired) electrons. The van der Waals surface area contributed by atoms with Crippen molar-refractivity contribution in [3.63, 3.8) is 0 Å². The molecule has 0 aliphatic carbocycles. The molecule has 0 unspecified atom stereocenters. The lowest BCUT2D eigenvalue weighted by atomic mass is 10.1. The fourth-order valence-corrected chi connectivity index (χ4v) is 2.14. The van der Waals surface area contributed by atoms with Crippen LogP contribution in [-0.2, 0) is 6.42 Å². The molecule has 1 aliphatic rings. The first-order valence-corrected chi connectivity index (χ1v) is 5.69. The summed E-state index contributed by atoms with van der Waals surface area (Å²) in [5.74, 6) is 1.50. The molecule has 1 aromatic carbocycles. The van der Waals surface area contributed by atoms with Gasteiger partial charge >= 0.3 is 0 Å². The van der Waals surface area contributed by atoms with Crippen LogP contribution in [0.5, 0.6) is 11.5 Å². The summed E-state index contributed by atoms with van der Waals surface area (Å²) in [4.78, 5) is 2.72. The summed E-state index contributed by atoms with van der Waals surface area (Å²) in [5, 5.41) is 3.50. The van der Waals surface area contributed by atoms with Gasteiger partial charge in [0.25, 0.3) is 0 Å². The number of rotatable bonds is 3. The van der Waals surface area contributed by atoms with Gasteiger partial charge in [-0.25, -0.2) is 0 Å². The third-order valence-corrected chi connectivity index (χ3v) is 2.81. The van der Waals surface area contributed by atoms with Crippen LogP contribution < -0.4 is 9.47 Å². The Bertz CT molecular complexity index is 444. The molecule has 0 atom stereocenters. The van der Waals surface area contributed by atoms with E-state index in [9.17, 15) is 0 Å².